The normalized spacial score (nSPS) is 11.1. The molecule has 0 aliphatic rings. The van der Waals surface area contributed by atoms with Crippen LogP contribution in [-0.4, -0.2) is 34.5 Å². The molecular formula is C20H17F3N4O5. The van der Waals surface area contributed by atoms with Gasteiger partial charge in [0, 0.05) is 11.4 Å². The number of anilines is 2. The smallest absolute Gasteiger partial charge is 0.465 e. The van der Waals surface area contributed by atoms with Crippen molar-refractivity contribution in [2.24, 2.45) is 0 Å². The van der Waals surface area contributed by atoms with E-state index in [0.29, 0.717) is 5.52 Å². The lowest BCUT2D eigenvalue weighted by molar-refractivity contribution is -0.274. The molecule has 0 aliphatic carbocycles. The maximum atomic E-state index is 12.6. The first-order chi connectivity index (χ1) is 15.1. The minimum atomic E-state index is -4.81. The summed E-state index contributed by atoms with van der Waals surface area (Å²) in [5, 5.41) is 5.13. The van der Waals surface area contributed by atoms with Gasteiger partial charge in [-0.3, -0.25) is 14.2 Å². The van der Waals surface area contributed by atoms with Gasteiger partial charge in [-0.1, -0.05) is 0 Å². The third-order valence-corrected chi connectivity index (χ3v) is 4.03. The number of nitrogens with zero attached hydrogens (tertiary/aromatic N) is 2. The molecule has 0 spiro atoms. The molecule has 0 aliphatic heterocycles. The molecule has 1 aromatic heterocycles. The molecule has 0 atom stereocenters. The van der Waals surface area contributed by atoms with Gasteiger partial charge in [-0.2, -0.15) is 0 Å². The van der Waals surface area contributed by atoms with E-state index in [2.05, 4.69) is 20.4 Å². The number of hydrogen-bond acceptors (Lipinski definition) is 6. The summed E-state index contributed by atoms with van der Waals surface area (Å²) < 4.78 is 46.3. The van der Waals surface area contributed by atoms with Crippen LogP contribution < -0.4 is 20.9 Å². The monoisotopic (exact) mass is 450 g/mol. The Morgan fingerprint density at radius 3 is 2.38 bits per heavy atom. The van der Waals surface area contributed by atoms with Gasteiger partial charge in [-0.25, -0.2) is 9.78 Å². The van der Waals surface area contributed by atoms with E-state index in [4.69, 9.17) is 4.74 Å². The molecule has 0 saturated carbocycles. The highest BCUT2D eigenvalue weighted by Crippen LogP contribution is 2.24. The molecule has 0 radical (unpaired) electrons. The lowest BCUT2D eigenvalue weighted by atomic mass is 10.2. The highest BCUT2D eigenvalue weighted by Gasteiger charge is 2.30. The van der Waals surface area contributed by atoms with E-state index in [1.165, 1.54) is 36.7 Å². The van der Waals surface area contributed by atoms with Crippen molar-refractivity contribution in [3.8, 4) is 5.75 Å². The van der Waals surface area contributed by atoms with Crippen molar-refractivity contribution in [1.82, 2.24) is 9.55 Å². The van der Waals surface area contributed by atoms with Gasteiger partial charge in [0.05, 0.1) is 23.8 Å². The number of halogens is 3. The van der Waals surface area contributed by atoms with Crippen molar-refractivity contribution >= 4 is 34.3 Å². The van der Waals surface area contributed by atoms with Gasteiger partial charge in [0.1, 0.15) is 12.3 Å². The first kappa shape index (κ1) is 22.6. The number of nitrogens with one attached hydrogen (secondary N) is 2. The largest absolute Gasteiger partial charge is 0.573 e. The molecule has 0 saturated heterocycles. The number of alkyl halides is 3. The number of benzene rings is 2. The molecule has 0 bridgehead atoms. The Morgan fingerprint density at radius 1 is 1.06 bits per heavy atom. The fourth-order valence-corrected chi connectivity index (χ4v) is 2.73. The second-order valence-corrected chi connectivity index (χ2v) is 6.37. The van der Waals surface area contributed by atoms with Crippen molar-refractivity contribution in [2.75, 3.05) is 17.2 Å². The predicted octanol–water partition coefficient (Wildman–Crippen LogP) is 3.50. The van der Waals surface area contributed by atoms with Crippen LogP contribution in [-0.2, 0) is 16.1 Å². The zero-order valence-electron chi connectivity index (χ0n) is 16.6. The SMILES string of the molecule is CCOC(=O)Cn1cnc2ccc(NC(=O)Nc3ccc(OC(F)(F)F)cc3)cc2c1=O. The maximum absolute atomic E-state index is 12.6. The highest BCUT2D eigenvalue weighted by molar-refractivity contribution is 6.00. The van der Waals surface area contributed by atoms with Gasteiger partial charge in [-0.15, -0.1) is 13.2 Å². The molecule has 0 unspecified atom stereocenters. The van der Waals surface area contributed by atoms with E-state index in [9.17, 15) is 27.6 Å². The molecule has 32 heavy (non-hydrogen) atoms. The Labute approximate surface area is 178 Å². The second-order valence-electron chi connectivity index (χ2n) is 6.37. The van der Waals surface area contributed by atoms with Crippen molar-refractivity contribution in [3.05, 3.63) is 59.1 Å². The van der Waals surface area contributed by atoms with E-state index in [-0.39, 0.29) is 29.9 Å². The molecule has 2 N–H and O–H groups in total. The fraction of sp³-hybridized carbons (Fsp3) is 0.200. The van der Waals surface area contributed by atoms with Crippen LogP contribution in [0.3, 0.4) is 0 Å². The number of rotatable bonds is 6. The molecule has 9 nitrogen and oxygen atoms in total. The summed E-state index contributed by atoms with van der Waals surface area (Å²) in [4.78, 5) is 40.6. The Balaban J connectivity index is 1.71. The maximum Gasteiger partial charge on any atom is 0.573 e. The van der Waals surface area contributed by atoms with Crippen LogP contribution in [0.2, 0.25) is 0 Å². The summed E-state index contributed by atoms with van der Waals surface area (Å²) in [6, 6.07) is 8.32. The fourth-order valence-electron chi connectivity index (χ4n) is 2.73. The van der Waals surface area contributed by atoms with E-state index in [1.54, 1.807) is 6.92 Å². The van der Waals surface area contributed by atoms with Crippen LogP contribution in [0.5, 0.6) is 5.75 Å². The minimum absolute atomic E-state index is 0.170. The van der Waals surface area contributed by atoms with Crippen molar-refractivity contribution in [3.63, 3.8) is 0 Å². The summed E-state index contributed by atoms with van der Waals surface area (Å²) in [6.07, 6.45) is -3.58. The number of fused-ring (bicyclic) bond motifs is 1. The number of ether oxygens (including phenoxy) is 2. The molecule has 12 heteroatoms. The molecule has 0 fully saturated rings. The molecule has 2 amide bonds. The van der Waals surface area contributed by atoms with Gasteiger partial charge < -0.3 is 20.1 Å². The Bertz CT molecular complexity index is 1190. The molecular weight excluding hydrogens is 433 g/mol. The van der Waals surface area contributed by atoms with Crippen molar-refractivity contribution < 1.29 is 32.2 Å². The Morgan fingerprint density at radius 2 is 1.72 bits per heavy atom. The lowest BCUT2D eigenvalue weighted by Gasteiger charge is -2.11. The van der Waals surface area contributed by atoms with E-state index >= 15 is 0 Å². The number of carbonyl (C=O) groups is 2. The summed E-state index contributed by atoms with van der Waals surface area (Å²) in [5.74, 6) is -1.01. The van der Waals surface area contributed by atoms with Gasteiger partial charge in [-0.05, 0) is 49.4 Å². The number of aromatic nitrogens is 2. The third-order valence-electron chi connectivity index (χ3n) is 4.03. The predicted molar refractivity (Wildman–Crippen MR) is 108 cm³/mol. The second kappa shape index (κ2) is 9.37. The standard InChI is InChI=1S/C20H17F3N4O5/c1-2-31-17(28)10-27-11-24-16-8-5-13(9-15(16)18(27)29)26-19(30)25-12-3-6-14(7-4-12)32-20(21,22)23/h3-9,11H,2,10H2,1H3,(H2,25,26,30). The first-order valence-corrected chi connectivity index (χ1v) is 9.23. The zero-order chi connectivity index (χ0) is 23.3. The molecule has 3 aromatic rings. The topological polar surface area (TPSA) is 112 Å². The average Bonchev–Trinajstić information content (AvgIpc) is 2.71. The van der Waals surface area contributed by atoms with Crippen LogP contribution in [0.4, 0.5) is 29.3 Å². The van der Waals surface area contributed by atoms with Gasteiger partial charge in [0.15, 0.2) is 0 Å². The average molecular weight is 450 g/mol. The molecule has 2 aromatic carbocycles. The Kier molecular flexibility index (Phi) is 6.61. The summed E-state index contributed by atoms with van der Waals surface area (Å²) in [6.45, 7) is 1.52. The lowest BCUT2D eigenvalue weighted by Crippen LogP contribution is -2.26. The minimum Gasteiger partial charge on any atom is -0.465 e. The molecule has 168 valence electrons. The van der Waals surface area contributed by atoms with Gasteiger partial charge in [0.2, 0.25) is 0 Å². The van der Waals surface area contributed by atoms with E-state index < -0.39 is 29.7 Å². The zero-order valence-corrected chi connectivity index (χ0v) is 16.6. The molecule has 1 heterocycles. The van der Waals surface area contributed by atoms with E-state index in [0.717, 1.165) is 16.7 Å². The van der Waals surface area contributed by atoms with Gasteiger partial charge in [0.25, 0.3) is 5.56 Å². The van der Waals surface area contributed by atoms with Crippen molar-refractivity contribution in [1.29, 1.82) is 0 Å². The van der Waals surface area contributed by atoms with Crippen LogP contribution in [0.1, 0.15) is 6.92 Å². The quantitative estimate of drug-likeness (QED) is 0.556. The number of hydrogen-bond donors (Lipinski definition) is 2. The van der Waals surface area contributed by atoms with Crippen molar-refractivity contribution in [2.45, 2.75) is 19.8 Å². The number of urea groups is 1. The Hall–Kier alpha value is -4.09. The summed E-state index contributed by atoms with van der Waals surface area (Å²) in [5.41, 5.74) is 0.352. The number of amides is 2. The summed E-state index contributed by atoms with van der Waals surface area (Å²) >= 11 is 0. The van der Waals surface area contributed by atoms with Crippen LogP contribution >= 0.6 is 0 Å². The number of esters is 1. The number of carbonyl (C=O) groups excluding carboxylic acids is 2. The third kappa shape index (κ3) is 5.97. The first-order valence-electron chi connectivity index (χ1n) is 9.23. The molecule has 3 rings (SSSR count). The van der Waals surface area contributed by atoms with E-state index in [1.807, 2.05) is 0 Å². The van der Waals surface area contributed by atoms with Crippen LogP contribution in [0.15, 0.2) is 53.6 Å². The summed E-state index contributed by atoms with van der Waals surface area (Å²) in [7, 11) is 0. The van der Waals surface area contributed by atoms with Crippen LogP contribution in [0.25, 0.3) is 10.9 Å². The highest BCUT2D eigenvalue weighted by atomic mass is 19.4. The van der Waals surface area contributed by atoms with Gasteiger partial charge >= 0.3 is 18.4 Å². The van der Waals surface area contributed by atoms with Crippen LogP contribution in [0, 0.1) is 0 Å².